The fourth-order valence-electron chi connectivity index (χ4n) is 1.000. The summed E-state index contributed by atoms with van der Waals surface area (Å²) in [6, 6.07) is 2.07. The van der Waals surface area contributed by atoms with Gasteiger partial charge in [-0.3, -0.25) is 4.79 Å². The summed E-state index contributed by atoms with van der Waals surface area (Å²) < 4.78 is 64.0. The first-order chi connectivity index (χ1) is 7.16. The van der Waals surface area contributed by atoms with Crippen LogP contribution < -0.4 is 59.1 Å². The molecule has 0 bridgehead atoms. The predicted octanol–water partition coefficient (Wildman–Crippen LogP) is -6.68. The van der Waals surface area contributed by atoms with Crippen molar-refractivity contribution in [2.75, 3.05) is 0 Å². The van der Waals surface area contributed by atoms with Crippen molar-refractivity contribution in [2.24, 2.45) is 0 Å². The molecule has 0 aromatic heterocycles. The van der Waals surface area contributed by atoms with E-state index in [0.717, 1.165) is 6.07 Å². The second kappa shape index (κ2) is 7.48. The molecule has 0 aliphatic rings. The van der Waals surface area contributed by atoms with Crippen LogP contribution in [0.15, 0.2) is 28.0 Å². The molecular weight excluding hydrogens is 306 g/mol. The molecule has 1 aromatic carbocycles. The summed E-state index contributed by atoms with van der Waals surface area (Å²) in [4.78, 5) is 7.95. The van der Waals surface area contributed by atoms with Crippen LogP contribution in [0.1, 0.15) is 10.4 Å². The fourth-order valence-corrected chi connectivity index (χ4v) is 2.75. The van der Waals surface area contributed by atoms with Crippen molar-refractivity contribution >= 4 is 26.5 Å². The van der Waals surface area contributed by atoms with Crippen LogP contribution >= 0.6 is 0 Å². The Labute approximate surface area is 148 Å². The van der Waals surface area contributed by atoms with E-state index in [1.807, 2.05) is 0 Å². The second-order valence-corrected chi connectivity index (χ2v) is 5.43. The number of carbonyl (C=O) groups excluding carboxylic acids is 1. The molecule has 0 unspecified atom stereocenters. The summed E-state index contributed by atoms with van der Waals surface area (Å²) in [6.45, 7) is 0. The van der Waals surface area contributed by atoms with Crippen LogP contribution in [-0.2, 0) is 20.2 Å². The molecule has 0 spiro atoms. The number of rotatable bonds is 3. The van der Waals surface area contributed by atoms with E-state index < -0.39 is 30.0 Å². The molecule has 88 valence electrons. The molecule has 0 radical (unpaired) electrons. The smallest absolute Gasteiger partial charge is 0.744 e. The minimum Gasteiger partial charge on any atom is -0.744 e. The average molecular weight is 310 g/mol. The van der Waals surface area contributed by atoms with Gasteiger partial charge in [-0.15, -0.1) is 0 Å². The number of aldehydes is 1. The first kappa shape index (κ1) is 21.0. The maximum Gasteiger partial charge on any atom is 1.00 e. The molecule has 18 heavy (non-hydrogen) atoms. The monoisotopic (exact) mass is 310 g/mol. The summed E-state index contributed by atoms with van der Waals surface area (Å²) in [5.74, 6) is 0. The zero-order valence-electron chi connectivity index (χ0n) is 9.48. The van der Waals surface area contributed by atoms with Crippen LogP contribution in [0.5, 0.6) is 0 Å². The minimum atomic E-state index is -5.14. The maximum atomic E-state index is 10.7. The molecule has 0 amide bonds. The maximum absolute atomic E-state index is 10.7. The van der Waals surface area contributed by atoms with Crippen LogP contribution in [-0.4, -0.2) is 32.2 Å². The van der Waals surface area contributed by atoms with Crippen LogP contribution in [0.2, 0.25) is 0 Å². The number of hydrogen-bond acceptors (Lipinski definition) is 7. The summed E-state index contributed by atoms with van der Waals surface area (Å²) >= 11 is 0. The summed E-state index contributed by atoms with van der Waals surface area (Å²) in [5.41, 5.74) is -0.221. The third-order valence-electron chi connectivity index (χ3n) is 1.64. The van der Waals surface area contributed by atoms with Crippen LogP contribution in [0.4, 0.5) is 0 Å². The van der Waals surface area contributed by atoms with E-state index >= 15 is 0 Å². The third kappa shape index (κ3) is 5.37. The third-order valence-corrected chi connectivity index (χ3v) is 3.54. The topological polar surface area (TPSA) is 131 Å². The van der Waals surface area contributed by atoms with E-state index in [1.54, 1.807) is 0 Å². The molecule has 0 saturated carbocycles. The molecule has 7 nitrogen and oxygen atoms in total. The van der Waals surface area contributed by atoms with E-state index in [2.05, 4.69) is 0 Å². The zero-order valence-corrected chi connectivity index (χ0v) is 15.1. The molecule has 0 aliphatic heterocycles. The van der Waals surface area contributed by atoms with Crippen molar-refractivity contribution in [1.29, 1.82) is 0 Å². The number of hydrogen-bond donors (Lipinski definition) is 0. The Hall–Kier alpha value is 0.710. The van der Waals surface area contributed by atoms with Crippen molar-refractivity contribution in [2.45, 2.75) is 9.79 Å². The van der Waals surface area contributed by atoms with E-state index in [0.29, 0.717) is 12.1 Å². The predicted molar refractivity (Wildman–Crippen MR) is 47.8 cm³/mol. The average Bonchev–Trinajstić information content (AvgIpc) is 2.14. The van der Waals surface area contributed by atoms with Crippen molar-refractivity contribution in [3.63, 3.8) is 0 Å². The van der Waals surface area contributed by atoms with Crippen molar-refractivity contribution in [1.82, 2.24) is 0 Å². The Morgan fingerprint density at radius 3 is 1.67 bits per heavy atom. The largest absolute Gasteiger partial charge is 1.00 e. The summed E-state index contributed by atoms with van der Waals surface area (Å²) in [6.07, 6.45) is 0.218. The molecule has 0 fully saturated rings. The summed E-state index contributed by atoms with van der Waals surface area (Å²) in [7, 11) is -10.2. The van der Waals surface area contributed by atoms with E-state index in [-0.39, 0.29) is 71.0 Å². The second-order valence-electron chi connectivity index (χ2n) is 2.73. The Bertz CT molecular complexity index is 636. The quantitative estimate of drug-likeness (QED) is 0.308. The SMILES string of the molecule is O=Cc1ccc(S(=O)(=O)[O-])c(S(=O)(=O)[O-])c1.[Na+].[Na+]. The standard InChI is InChI=1S/C7H6O7S2.2Na/c8-4-5-1-2-6(15(9,10)11)7(3-5)16(12,13)14;;/h1-4H,(H,9,10,11)(H,12,13,14);;/q;2*+1/p-2. The van der Waals surface area contributed by atoms with Gasteiger partial charge in [0.25, 0.3) is 0 Å². The van der Waals surface area contributed by atoms with Gasteiger partial charge < -0.3 is 9.11 Å². The van der Waals surface area contributed by atoms with Gasteiger partial charge in [0, 0.05) is 5.56 Å². The van der Waals surface area contributed by atoms with Gasteiger partial charge in [0.05, 0.1) is 9.79 Å². The summed E-state index contributed by atoms with van der Waals surface area (Å²) in [5, 5.41) is 0. The molecule has 0 aliphatic carbocycles. The molecule has 1 rings (SSSR count). The van der Waals surface area contributed by atoms with Gasteiger partial charge in [0.1, 0.15) is 26.5 Å². The Morgan fingerprint density at radius 2 is 1.33 bits per heavy atom. The van der Waals surface area contributed by atoms with Crippen LogP contribution in [0.25, 0.3) is 0 Å². The molecule has 0 atom stereocenters. The van der Waals surface area contributed by atoms with Gasteiger partial charge in [0.15, 0.2) is 0 Å². The minimum absolute atomic E-state index is 0. The van der Waals surface area contributed by atoms with Crippen molar-refractivity contribution < 1.29 is 89.9 Å². The Kier molecular flexibility index (Phi) is 8.73. The molecular formula is C7H4Na2O7S2. The normalized spacial score (nSPS) is 11.0. The van der Waals surface area contributed by atoms with Gasteiger partial charge in [-0.05, 0) is 12.1 Å². The molecule has 1 aromatic rings. The van der Waals surface area contributed by atoms with Crippen LogP contribution in [0, 0.1) is 0 Å². The van der Waals surface area contributed by atoms with Gasteiger partial charge in [-0.2, -0.15) is 0 Å². The van der Waals surface area contributed by atoms with Gasteiger partial charge in [0.2, 0.25) is 0 Å². The Balaban J connectivity index is 0. The molecule has 0 heterocycles. The van der Waals surface area contributed by atoms with Gasteiger partial charge in [-0.1, -0.05) is 6.07 Å². The first-order valence-electron chi connectivity index (χ1n) is 3.67. The number of benzene rings is 1. The van der Waals surface area contributed by atoms with E-state index in [1.165, 1.54) is 0 Å². The van der Waals surface area contributed by atoms with Crippen molar-refractivity contribution in [3.05, 3.63) is 23.8 Å². The molecule has 0 saturated heterocycles. The molecule has 11 heteroatoms. The van der Waals surface area contributed by atoms with Gasteiger partial charge in [-0.25, -0.2) is 16.8 Å². The van der Waals surface area contributed by atoms with Crippen molar-refractivity contribution in [3.8, 4) is 0 Å². The van der Waals surface area contributed by atoms with E-state index in [9.17, 15) is 30.7 Å². The fraction of sp³-hybridized carbons (Fsp3) is 0. The Morgan fingerprint density at radius 1 is 0.889 bits per heavy atom. The first-order valence-corrected chi connectivity index (χ1v) is 6.49. The zero-order chi connectivity index (χ0) is 12.6. The van der Waals surface area contributed by atoms with Crippen LogP contribution in [0.3, 0.4) is 0 Å². The molecule has 0 N–H and O–H groups in total. The van der Waals surface area contributed by atoms with E-state index in [4.69, 9.17) is 0 Å². The van der Waals surface area contributed by atoms with Gasteiger partial charge >= 0.3 is 59.1 Å². The number of carbonyl (C=O) groups is 1.